The number of nitrogens with zero attached hydrogens (tertiary/aromatic N) is 2. The Hall–Kier alpha value is -3.17. The summed E-state index contributed by atoms with van der Waals surface area (Å²) in [5, 5.41) is 11.5. The predicted octanol–water partition coefficient (Wildman–Crippen LogP) is 3.10. The molecule has 0 fully saturated rings. The van der Waals surface area contributed by atoms with E-state index in [2.05, 4.69) is 91.0 Å². The fraction of sp³-hybridized carbons (Fsp3) is 0.222. The van der Waals surface area contributed by atoms with Gasteiger partial charge in [0, 0.05) is 20.6 Å². The molecule has 0 heterocycles. The topological polar surface area (TPSA) is 73.4 Å². The summed E-state index contributed by atoms with van der Waals surface area (Å²) in [4.78, 5) is 15.8. The second kappa shape index (κ2) is 12.2. The molecule has 5 nitrogen and oxygen atoms in total. The van der Waals surface area contributed by atoms with Gasteiger partial charge >= 0.3 is 0 Å². The number of nitrogens with one attached hydrogen (secondary N) is 1. The zero-order valence-electron chi connectivity index (χ0n) is 19.8. The highest BCUT2D eigenvalue weighted by atomic mass is 31.2. The van der Waals surface area contributed by atoms with Crippen LogP contribution in [0.15, 0.2) is 91.0 Å². The third-order valence-corrected chi connectivity index (χ3v) is 10.3. The van der Waals surface area contributed by atoms with Crippen molar-refractivity contribution in [1.82, 2.24) is 9.80 Å². The number of carbonyl (C=O) groups is 1. The van der Waals surface area contributed by atoms with Gasteiger partial charge in [0.05, 0.1) is 12.7 Å². The van der Waals surface area contributed by atoms with Crippen molar-refractivity contribution in [3.63, 3.8) is 0 Å². The monoisotopic (exact) mass is 462 g/mol. The summed E-state index contributed by atoms with van der Waals surface area (Å²) < 4.78 is 0. The highest BCUT2D eigenvalue weighted by Gasteiger charge is 2.44. The molecule has 0 spiro atoms. The van der Waals surface area contributed by atoms with Crippen LogP contribution in [-0.2, 0) is 4.79 Å². The number of benzene rings is 3. The summed E-state index contributed by atoms with van der Waals surface area (Å²) >= 11 is 0. The molecular formula is C27H35N4OP. The smallest absolute Gasteiger partial charge is 0.241 e. The second-order valence-electron chi connectivity index (χ2n) is 7.95. The first-order chi connectivity index (χ1) is 15.4. The standard InChI is InChI=1S/C26H32N4OP.CH3/c1-29(25(31)21-30(2)26(27)28)19-12-20-32(22-13-6-3-7-14-22,23-15-8-4-9-16-23)24-17-10-5-11-18-24;/h3-11,13-18H,12,19-21H2,1-2H3,(H3,27,28);1H3/q+1;-1. The Balaban J connectivity index is 0.00000385. The summed E-state index contributed by atoms with van der Waals surface area (Å²) in [5.74, 6) is -0.139. The van der Waals surface area contributed by atoms with E-state index in [1.165, 1.54) is 20.8 Å². The highest BCUT2D eigenvalue weighted by molar-refractivity contribution is 7.95. The molecule has 0 radical (unpaired) electrons. The average Bonchev–Trinajstić information content (AvgIpc) is 2.83. The molecule has 33 heavy (non-hydrogen) atoms. The molecule has 6 heteroatoms. The van der Waals surface area contributed by atoms with Gasteiger partial charge in [0.25, 0.3) is 0 Å². The number of likely N-dealkylation sites (N-methyl/N-ethyl adjacent to an activating group) is 2. The summed E-state index contributed by atoms with van der Waals surface area (Å²) in [7, 11) is 1.60. The molecule has 3 aromatic rings. The Morgan fingerprint density at radius 3 is 1.55 bits per heavy atom. The molecule has 3 aromatic carbocycles. The minimum Gasteiger partial charge on any atom is -0.370 e. The van der Waals surface area contributed by atoms with Gasteiger partial charge < -0.3 is 23.0 Å². The highest BCUT2D eigenvalue weighted by Crippen LogP contribution is 2.55. The van der Waals surface area contributed by atoms with E-state index in [0.717, 1.165) is 12.6 Å². The first kappa shape index (κ1) is 26.1. The number of rotatable bonds is 9. The number of hydrogen-bond donors (Lipinski definition) is 2. The molecular weight excluding hydrogens is 427 g/mol. The number of amides is 1. The largest absolute Gasteiger partial charge is 0.370 e. The lowest BCUT2D eigenvalue weighted by Crippen LogP contribution is -2.42. The van der Waals surface area contributed by atoms with Gasteiger partial charge in [0.2, 0.25) is 5.91 Å². The molecule has 174 valence electrons. The van der Waals surface area contributed by atoms with Crippen LogP contribution in [0.1, 0.15) is 6.42 Å². The zero-order valence-corrected chi connectivity index (χ0v) is 20.7. The molecule has 0 unspecified atom stereocenters. The van der Waals surface area contributed by atoms with Gasteiger partial charge in [-0.05, 0) is 42.8 Å². The van der Waals surface area contributed by atoms with Gasteiger partial charge in [-0.15, -0.1) is 0 Å². The van der Waals surface area contributed by atoms with Crippen LogP contribution >= 0.6 is 7.26 Å². The van der Waals surface area contributed by atoms with E-state index < -0.39 is 7.26 Å². The van der Waals surface area contributed by atoms with E-state index in [1.54, 1.807) is 11.9 Å². The van der Waals surface area contributed by atoms with Crippen molar-refractivity contribution in [3.8, 4) is 0 Å². The summed E-state index contributed by atoms with van der Waals surface area (Å²) in [5.41, 5.74) is 5.48. The predicted molar refractivity (Wildman–Crippen MR) is 143 cm³/mol. The Kier molecular flexibility index (Phi) is 9.62. The van der Waals surface area contributed by atoms with Gasteiger partial charge in [0.15, 0.2) is 5.96 Å². The van der Waals surface area contributed by atoms with Crippen LogP contribution in [0.25, 0.3) is 0 Å². The van der Waals surface area contributed by atoms with E-state index in [9.17, 15) is 4.79 Å². The third-order valence-electron chi connectivity index (χ3n) is 5.79. The number of hydrogen-bond acceptors (Lipinski definition) is 2. The van der Waals surface area contributed by atoms with Gasteiger partial charge in [-0.2, -0.15) is 0 Å². The van der Waals surface area contributed by atoms with Crippen molar-refractivity contribution in [2.75, 3.05) is 33.3 Å². The van der Waals surface area contributed by atoms with Gasteiger partial charge in [-0.25, -0.2) is 0 Å². The zero-order chi connectivity index (χ0) is 23.0. The Bertz CT molecular complexity index is 915. The summed E-state index contributed by atoms with van der Waals surface area (Å²) in [6, 6.07) is 32.3. The van der Waals surface area contributed by atoms with Crippen molar-refractivity contribution >= 4 is 35.0 Å². The van der Waals surface area contributed by atoms with Gasteiger partial charge in [-0.3, -0.25) is 10.2 Å². The van der Waals surface area contributed by atoms with Crippen LogP contribution in [0, 0.1) is 12.8 Å². The van der Waals surface area contributed by atoms with Crippen LogP contribution < -0.4 is 21.6 Å². The Morgan fingerprint density at radius 1 is 0.788 bits per heavy atom. The van der Waals surface area contributed by atoms with Crippen molar-refractivity contribution in [1.29, 1.82) is 5.41 Å². The molecule has 3 N–H and O–H groups in total. The second-order valence-corrected chi connectivity index (χ2v) is 11.6. The van der Waals surface area contributed by atoms with Gasteiger partial charge in [-0.1, -0.05) is 54.6 Å². The third kappa shape index (κ3) is 6.21. The molecule has 0 saturated heterocycles. The molecule has 0 atom stereocenters. The Morgan fingerprint density at radius 2 is 1.18 bits per heavy atom. The molecule has 0 bridgehead atoms. The minimum absolute atomic E-state index is 0. The van der Waals surface area contributed by atoms with E-state index in [4.69, 9.17) is 11.1 Å². The Labute approximate surface area is 199 Å². The molecule has 0 saturated carbocycles. The maximum absolute atomic E-state index is 12.6. The first-order valence-electron chi connectivity index (χ1n) is 10.8. The number of carbonyl (C=O) groups excluding carboxylic acids is 1. The van der Waals surface area contributed by atoms with E-state index >= 15 is 0 Å². The fourth-order valence-electron chi connectivity index (χ4n) is 3.96. The minimum atomic E-state index is -1.89. The molecule has 3 rings (SSSR count). The van der Waals surface area contributed by atoms with Crippen LogP contribution in [-0.4, -0.2) is 55.0 Å². The van der Waals surface area contributed by atoms with Crippen LogP contribution in [0.2, 0.25) is 0 Å². The molecule has 0 aliphatic carbocycles. The van der Waals surface area contributed by atoms with Crippen molar-refractivity contribution in [2.24, 2.45) is 5.73 Å². The van der Waals surface area contributed by atoms with Crippen LogP contribution in [0.4, 0.5) is 0 Å². The van der Waals surface area contributed by atoms with Gasteiger partial charge in [0.1, 0.15) is 23.2 Å². The van der Waals surface area contributed by atoms with E-state index in [1.807, 2.05) is 7.05 Å². The average molecular weight is 463 g/mol. The molecule has 0 aliphatic heterocycles. The molecule has 1 amide bonds. The molecule has 0 aliphatic rings. The lowest BCUT2D eigenvalue weighted by Gasteiger charge is -2.29. The normalized spacial score (nSPS) is 10.7. The van der Waals surface area contributed by atoms with Crippen LogP contribution in [0.3, 0.4) is 0 Å². The fourth-order valence-corrected chi connectivity index (χ4v) is 8.29. The number of nitrogens with two attached hydrogens (primary N) is 1. The molecule has 0 aromatic heterocycles. The maximum atomic E-state index is 12.6. The van der Waals surface area contributed by atoms with Crippen molar-refractivity contribution in [2.45, 2.75) is 6.42 Å². The van der Waals surface area contributed by atoms with Crippen molar-refractivity contribution in [3.05, 3.63) is 98.4 Å². The van der Waals surface area contributed by atoms with Crippen molar-refractivity contribution < 1.29 is 4.79 Å². The quantitative estimate of drug-likeness (QED) is 0.222. The lowest BCUT2D eigenvalue weighted by atomic mass is 10.3. The lowest BCUT2D eigenvalue weighted by molar-refractivity contribution is -0.130. The SMILES string of the molecule is CN(CC(=O)N(C)CCC[P+](c1ccccc1)(c1ccccc1)c1ccccc1)C(=N)N.[CH3-]. The summed E-state index contributed by atoms with van der Waals surface area (Å²) in [6.07, 6.45) is 1.84. The first-order valence-corrected chi connectivity index (χ1v) is 12.8. The van der Waals surface area contributed by atoms with E-state index in [-0.39, 0.29) is 25.8 Å². The van der Waals surface area contributed by atoms with E-state index in [0.29, 0.717) is 6.54 Å². The number of guanidine groups is 1. The van der Waals surface area contributed by atoms with Crippen LogP contribution in [0.5, 0.6) is 0 Å². The maximum Gasteiger partial charge on any atom is 0.241 e. The summed E-state index contributed by atoms with van der Waals surface area (Å²) in [6.45, 7) is 0.765.